The first-order valence-corrected chi connectivity index (χ1v) is 4.16. The molecule has 0 aromatic rings. The lowest BCUT2D eigenvalue weighted by atomic mass is 9.94. The third-order valence-electron chi connectivity index (χ3n) is 1.55. The van der Waals surface area contributed by atoms with Crippen molar-refractivity contribution in [2.24, 2.45) is 5.41 Å². The molecule has 0 aliphatic heterocycles. The molecule has 0 aliphatic carbocycles. The summed E-state index contributed by atoms with van der Waals surface area (Å²) in [7, 11) is 0. The summed E-state index contributed by atoms with van der Waals surface area (Å²) in [5.74, 6) is -0.820. The van der Waals surface area contributed by atoms with E-state index in [0.29, 0.717) is 0 Å². The molecule has 12 heavy (non-hydrogen) atoms. The van der Waals surface area contributed by atoms with E-state index in [4.69, 9.17) is 5.11 Å². The number of carboxylic acids is 1. The van der Waals surface area contributed by atoms with Crippen LogP contribution in [0.4, 0.5) is 0 Å². The molecule has 0 fully saturated rings. The van der Waals surface area contributed by atoms with E-state index in [2.05, 4.69) is 12.7 Å². The average Bonchev–Trinajstić information content (AvgIpc) is 1.98. The van der Waals surface area contributed by atoms with Crippen LogP contribution in [0.25, 0.3) is 0 Å². The first kappa shape index (κ1) is 11.0. The van der Waals surface area contributed by atoms with E-state index in [1.54, 1.807) is 19.9 Å². The maximum atomic E-state index is 10.6. The molecule has 0 atom stereocenters. The summed E-state index contributed by atoms with van der Waals surface area (Å²) >= 11 is 0. The van der Waals surface area contributed by atoms with Gasteiger partial charge in [0, 0.05) is 0 Å². The molecule has 0 heterocycles. The van der Waals surface area contributed by atoms with E-state index in [9.17, 15) is 4.79 Å². The van der Waals surface area contributed by atoms with Gasteiger partial charge in [0.2, 0.25) is 0 Å². The molecular weight excluding hydrogens is 152 g/mol. The zero-order valence-electron chi connectivity index (χ0n) is 7.92. The van der Waals surface area contributed by atoms with Crippen LogP contribution < -0.4 is 0 Å². The fraction of sp³-hybridized carbons (Fsp3) is 0.600. The fourth-order valence-corrected chi connectivity index (χ4v) is 0.557. The second kappa shape index (κ2) is 4.78. The second-order valence-corrected chi connectivity index (χ2v) is 3.33. The number of carboxylic acid groups (broad SMARTS) is 1. The molecule has 0 rings (SSSR count). The van der Waals surface area contributed by atoms with Gasteiger partial charge >= 0.3 is 5.97 Å². The molecule has 0 amide bonds. The molecule has 0 saturated carbocycles. The molecule has 0 saturated heterocycles. The van der Waals surface area contributed by atoms with E-state index >= 15 is 0 Å². The number of hydrogen-bond donors (Lipinski definition) is 1. The minimum absolute atomic E-state index is 0.801. The number of carbonyl (C=O) groups is 1. The maximum absolute atomic E-state index is 10.6. The van der Waals surface area contributed by atoms with Crippen molar-refractivity contribution in [3.63, 3.8) is 0 Å². The van der Waals surface area contributed by atoms with E-state index < -0.39 is 11.4 Å². The molecule has 1 N–H and O–H groups in total. The Morgan fingerprint density at radius 1 is 1.58 bits per heavy atom. The third kappa shape index (κ3) is 3.99. The number of aliphatic carboxylic acids is 1. The maximum Gasteiger partial charge on any atom is 0.313 e. The van der Waals surface area contributed by atoms with Crippen LogP contribution >= 0.6 is 0 Å². The fourth-order valence-electron chi connectivity index (χ4n) is 0.557. The summed E-state index contributed by atoms with van der Waals surface area (Å²) in [4.78, 5) is 10.6. The highest BCUT2D eigenvalue weighted by atomic mass is 16.4. The number of rotatable bonds is 4. The van der Waals surface area contributed by atoms with Crippen LogP contribution in [0.5, 0.6) is 0 Å². The monoisotopic (exact) mass is 168 g/mol. The van der Waals surface area contributed by atoms with Crippen LogP contribution in [0.1, 0.15) is 33.6 Å². The lowest BCUT2D eigenvalue weighted by molar-refractivity contribution is -0.144. The highest BCUT2D eigenvalue weighted by Crippen LogP contribution is 2.15. The highest BCUT2D eigenvalue weighted by molar-refractivity contribution is 5.75. The van der Waals surface area contributed by atoms with Crippen molar-refractivity contribution in [1.29, 1.82) is 0 Å². The van der Waals surface area contributed by atoms with E-state index in [0.717, 1.165) is 12.8 Å². The van der Waals surface area contributed by atoms with Crippen LogP contribution in [0.15, 0.2) is 17.9 Å². The first-order valence-electron chi connectivity index (χ1n) is 4.16. The Morgan fingerprint density at radius 3 is 2.58 bits per heavy atom. The lowest BCUT2D eigenvalue weighted by Gasteiger charge is -2.10. The molecule has 2 nitrogen and oxygen atoms in total. The second-order valence-electron chi connectivity index (χ2n) is 3.33. The molecule has 0 bridgehead atoms. The van der Waals surface area contributed by atoms with Gasteiger partial charge in [-0.25, -0.2) is 0 Å². The summed E-state index contributed by atoms with van der Waals surface area (Å²) in [6.45, 7) is 5.38. The van der Waals surface area contributed by atoms with Gasteiger partial charge in [-0.3, -0.25) is 4.79 Å². The van der Waals surface area contributed by atoms with E-state index in [-0.39, 0.29) is 0 Å². The minimum Gasteiger partial charge on any atom is -0.481 e. The molecule has 0 aromatic carbocycles. The molecule has 0 aromatic heterocycles. The molecule has 0 radical (unpaired) electrons. The van der Waals surface area contributed by atoms with Crippen molar-refractivity contribution in [3.8, 4) is 0 Å². The van der Waals surface area contributed by atoms with E-state index in [1.165, 1.54) is 0 Å². The Kier molecular flexibility index (Phi) is 4.38. The van der Waals surface area contributed by atoms with Crippen molar-refractivity contribution < 1.29 is 9.90 Å². The normalized spacial score (nSPS) is 10.2. The van der Waals surface area contributed by atoms with Gasteiger partial charge in [0.1, 0.15) is 0 Å². The molecular formula is C10H16O2. The van der Waals surface area contributed by atoms with Crippen molar-refractivity contribution in [1.82, 2.24) is 0 Å². The highest BCUT2D eigenvalue weighted by Gasteiger charge is 2.22. The summed E-state index contributed by atoms with van der Waals surface area (Å²) in [6, 6.07) is 0. The lowest BCUT2D eigenvalue weighted by Crippen LogP contribution is -2.20. The molecule has 2 heteroatoms. The van der Waals surface area contributed by atoms with Gasteiger partial charge in [0.05, 0.1) is 5.41 Å². The largest absolute Gasteiger partial charge is 0.481 e. The summed E-state index contributed by atoms with van der Waals surface area (Å²) < 4.78 is 0. The number of unbranched alkanes of at least 4 members (excludes halogenated alkanes) is 1. The topological polar surface area (TPSA) is 37.3 Å². The predicted molar refractivity (Wildman–Crippen MR) is 49.0 cm³/mol. The Labute approximate surface area is 73.6 Å². The molecule has 0 aliphatic rings. The minimum atomic E-state index is -0.820. The summed E-state index contributed by atoms with van der Waals surface area (Å²) in [5.41, 5.74) is 2.08. The Bertz CT molecular complexity index is 208. The Hall–Kier alpha value is -1.01. The van der Waals surface area contributed by atoms with Gasteiger partial charge in [-0.15, -0.1) is 5.73 Å². The first-order chi connectivity index (χ1) is 5.50. The van der Waals surface area contributed by atoms with E-state index in [1.807, 2.05) is 6.08 Å². The van der Waals surface area contributed by atoms with Crippen LogP contribution in [0.2, 0.25) is 0 Å². The Balaban J connectivity index is 4.22. The molecule has 0 spiro atoms. The van der Waals surface area contributed by atoms with Crippen LogP contribution in [0, 0.1) is 5.41 Å². The predicted octanol–water partition coefficient (Wildman–Crippen LogP) is 2.61. The third-order valence-corrected chi connectivity index (χ3v) is 1.55. The number of hydrogen-bond acceptors (Lipinski definition) is 1. The summed E-state index contributed by atoms with van der Waals surface area (Å²) in [6.07, 6.45) is 5.47. The van der Waals surface area contributed by atoms with Crippen LogP contribution in [-0.2, 0) is 4.79 Å². The standard InChI is InChI=1S/C10H16O2/c1-4-5-6-7-8-10(2,3)9(11)12/h6,8H,4-5H2,1-3H3,(H,11,12). The van der Waals surface area contributed by atoms with Crippen LogP contribution in [-0.4, -0.2) is 11.1 Å². The van der Waals surface area contributed by atoms with Gasteiger partial charge in [-0.2, -0.15) is 0 Å². The van der Waals surface area contributed by atoms with Gasteiger partial charge in [-0.1, -0.05) is 13.3 Å². The molecule has 0 unspecified atom stereocenters. The van der Waals surface area contributed by atoms with Crippen molar-refractivity contribution in [3.05, 3.63) is 17.9 Å². The summed E-state index contributed by atoms with van der Waals surface area (Å²) in [5, 5.41) is 8.71. The van der Waals surface area contributed by atoms with Crippen molar-refractivity contribution >= 4 is 5.97 Å². The zero-order chi connectivity index (χ0) is 9.61. The average molecular weight is 168 g/mol. The molecule has 68 valence electrons. The van der Waals surface area contributed by atoms with Crippen molar-refractivity contribution in [2.75, 3.05) is 0 Å². The quantitative estimate of drug-likeness (QED) is 0.655. The van der Waals surface area contributed by atoms with Gasteiger partial charge in [0.15, 0.2) is 0 Å². The van der Waals surface area contributed by atoms with Gasteiger partial charge < -0.3 is 5.11 Å². The van der Waals surface area contributed by atoms with Gasteiger partial charge in [0.25, 0.3) is 0 Å². The zero-order valence-corrected chi connectivity index (χ0v) is 7.92. The Morgan fingerprint density at radius 2 is 2.17 bits per heavy atom. The van der Waals surface area contributed by atoms with Crippen LogP contribution in [0.3, 0.4) is 0 Å². The SMILES string of the molecule is CCCC=C=CC(C)(C)C(=O)O. The smallest absolute Gasteiger partial charge is 0.313 e. The van der Waals surface area contributed by atoms with Gasteiger partial charge in [-0.05, 0) is 32.4 Å². The van der Waals surface area contributed by atoms with Crippen molar-refractivity contribution in [2.45, 2.75) is 33.6 Å².